The highest BCUT2D eigenvalue weighted by atomic mass is 19.4. The van der Waals surface area contributed by atoms with Crippen molar-refractivity contribution in [2.45, 2.75) is 12.6 Å². The molecule has 1 aliphatic heterocycles. The van der Waals surface area contributed by atoms with Gasteiger partial charge in [0.25, 0.3) is 0 Å². The zero-order valence-corrected chi connectivity index (χ0v) is 12.3. The molecule has 0 bridgehead atoms. The van der Waals surface area contributed by atoms with Gasteiger partial charge in [-0.15, -0.1) is 0 Å². The highest BCUT2D eigenvalue weighted by molar-refractivity contribution is 6.04. The SMILES string of the molecule is O=C1N(c2ccccc2)CCCN1c1cccc(C(F)(F)F)c1. The van der Waals surface area contributed by atoms with E-state index in [-0.39, 0.29) is 11.7 Å². The molecular weight excluding hydrogens is 305 g/mol. The van der Waals surface area contributed by atoms with E-state index in [0.29, 0.717) is 19.5 Å². The van der Waals surface area contributed by atoms with Crippen molar-refractivity contribution in [1.82, 2.24) is 0 Å². The molecule has 1 aliphatic rings. The van der Waals surface area contributed by atoms with E-state index in [1.165, 1.54) is 17.0 Å². The number of nitrogens with zero attached hydrogens (tertiary/aromatic N) is 2. The summed E-state index contributed by atoms with van der Waals surface area (Å²) in [5, 5.41) is 0. The first-order valence-corrected chi connectivity index (χ1v) is 7.28. The third-order valence-electron chi connectivity index (χ3n) is 3.78. The van der Waals surface area contributed by atoms with Gasteiger partial charge in [-0.1, -0.05) is 24.3 Å². The van der Waals surface area contributed by atoms with E-state index in [4.69, 9.17) is 0 Å². The molecule has 120 valence electrons. The van der Waals surface area contributed by atoms with Gasteiger partial charge in [-0.05, 0) is 36.8 Å². The third-order valence-corrected chi connectivity index (χ3v) is 3.78. The monoisotopic (exact) mass is 320 g/mol. The Morgan fingerprint density at radius 1 is 0.826 bits per heavy atom. The van der Waals surface area contributed by atoms with Gasteiger partial charge in [0.05, 0.1) is 5.56 Å². The second-order valence-corrected chi connectivity index (χ2v) is 5.32. The molecule has 0 N–H and O–H groups in total. The third kappa shape index (κ3) is 3.16. The standard InChI is InChI=1S/C17H15F3N2O/c18-17(19,20)13-6-4-9-15(12-13)22-11-5-10-21(16(22)23)14-7-2-1-3-8-14/h1-4,6-9,12H,5,10-11H2. The molecule has 1 saturated heterocycles. The summed E-state index contributed by atoms with van der Waals surface area (Å²) in [7, 11) is 0. The summed E-state index contributed by atoms with van der Waals surface area (Å²) in [5.41, 5.74) is 0.263. The van der Waals surface area contributed by atoms with E-state index in [0.717, 1.165) is 17.8 Å². The topological polar surface area (TPSA) is 23.6 Å². The number of para-hydroxylation sites is 1. The number of carbonyl (C=O) groups excluding carboxylic acids is 1. The Bertz CT molecular complexity index is 700. The molecule has 3 rings (SSSR count). The summed E-state index contributed by atoms with van der Waals surface area (Å²) in [6.45, 7) is 0.960. The van der Waals surface area contributed by atoms with Crippen LogP contribution in [0.2, 0.25) is 0 Å². The van der Waals surface area contributed by atoms with Crippen LogP contribution in [-0.4, -0.2) is 19.1 Å². The van der Waals surface area contributed by atoms with Gasteiger partial charge in [0.15, 0.2) is 0 Å². The number of amides is 2. The summed E-state index contributed by atoms with van der Waals surface area (Å²) in [5.74, 6) is 0. The summed E-state index contributed by atoms with van der Waals surface area (Å²) < 4.78 is 38.6. The van der Waals surface area contributed by atoms with Crippen LogP contribution in [-0.2, 0) is 6.18 Å². The molecule has 6 heteroatoms. The van der Waals surface area contributed by atoms with Crippen LogP contribution in [0, 0.1) is 0 Å². The normalized spacial score (nSPS) is 15.9. The number of hydrogen-bond donors (Lipinski definition) is 0. The first-order valence-electron chi connectivity index (χ1n) is 7.28. The second-order valence-electron chi connectivity index (χ2n) is 5.32. The van der Waals surface area contributed by atoms with Gasteiger partial charge < -0.3 is 0 Å². The molecule has 1 fully saturated rings. The highest BCUT2D eigenvalue weighted by Gasteiger charge is 2.33. The largest absolute Gasteiger partial charge is 0.416 e. The zero-order valence-electron chi connectivity index (χ0n) is 12.3. The molecule has 2 aromatic carbocycles. The van der Waals surface area contributed by atoms with Crippen molar-refractivity contribution in [3.8, 4) is 0 Å². The fourth-order valence-corrected chi connectivity index (χ4v) is 2.66. The first-order chi connectivity index (χ1) is 11.0. The van der Waals surface area contributed by atoms with Crippen LogP contribution in [0.4, 0.5) is 29.3 Å². The molecular formula is C17H15F3N2O. The average Bonchev–Trinajstić information content (AvgIpc) is 2.55. The predicted octanol–water partition coefficient (Wildman–Crippen LogP) is 4.54. The second kappa shape index (κ2) is 5.95. The van der Waals surface area contributed by atoms with Gasteiger partial charge in [0, 0.05) is 24.5 Å². The Hall–Kier alpha value is -2.50. The molecule has 0 aromatic heterocycles. The van der Waals surface area contributed by atoms with Gasteiger partial charge in [0.1, 0.15) is 0 Å². The smallest absolute Gasteiger partial charge is 0.294 e. The van der Waals surface area contributed by atoms with Crippen LogP contribution in [0.25, 0.3) is 0 Å². The van der Waals surface area contributed by atoms with Crippen molar-refractivity contribution in [3.63, 3.8) is 0 Å². The minimum atomic E-state index is -4.42. The molecule has 23 heavy (non-hydrogen) atoms. The highest BCUT2D eigenvalue weighted by Crippen LogP contribution is 2.32. The number of hydrogen-bond acceptors (Lipinski definition) is 1. The molecule has 0 unspecified atom stereocenters. The van der Waals surface area contributed by atoms with Crippen molar-refractivity contribution in [1.29, 1.82) is 0 Å². The maximum Gasteiger partial charge on any atom is 0.416 e. The summed E-state index contributed by atoms with van der Waals surface area (Å²) >= 11 is 0. The Kier molecular flexibility index (Phi) is 3.98. The lowest BCUT2D eigenvalue weighted by atomic mass is 10.1. The predicted molar refractivity (Wildman–Crippen MR) is 82.6 cm³/mol. The molecule has 2 amide bonds. The molecule has 0 spiro atoms. The van der Waals surface area contributed by atoms with E-state index in [2.05, 4.69) is 0 Å². The maximum atomic E-state index is 12.9. The van der Waals surface area contributed by atoms with E-state index < -0.39 is 11.7 Å². The van der Waals surface area contributed by atoms with Crippen molar-refractivity contribution in [2.24, 2.45) is 0 Å². The van der Waals surface area contributed by atoms with Crippen LogP contribution in [0.3, 0.4) is 0 Å². The first kappa shape index (κ1) is 15.4. The van der Waals surface area contributed by atoms with Crippen molar-refractivity contribution < 1.29 is 18.0 Å². The van der Waals surface area contributed by atoms with Gasteiger partial charge in [-0.25, -0.2) is 4.79 Å². The van der Waals surface area contributed by atoms with Crippen molar-refractivity contribution >= 4 is 17.4 Å². The van der Waals surface area contributed by atoms with Crippen LogP contribution >= 0.6 is 0 Å². The molecule has 1 heterocycles. The Morgan fingerprint density at radius 3 is 2.09 bits per heavy atom. The van der Waals surface area contributed by atoms with Gasteiger partial charge in [-0.3, -0.25) is 9.80 Å². The Morgan fingerprint density at radius 2 is 1.43 bits per heavy atom. The van der Waals surface area contributed by atoms with Gasteiger partial charge in [0.2, 0.25) is 0 Å². The Balaban J connectivity index is 1.90. The molecule has 2 aromatic rings. The fraction of sp³-hybridized carbons (Fsp3) is 0.235. The Labute approximate surface area is 131 Å². The van der Waals surface area contributed by atoms with Crippen LogP contribution < -0.4 is 9.80 Å². The number of urea groups is 1. The number of alkyl halides is 3. The molecule has 3 nitrogen and oxygen atoms in total. The summed E-state index contributed by atoms with van der Waals surface area (Å²) in [6, 6.07) is 13.7. The molecule has 0 radical (unpaired) electrons. The number of anilines is 2. The van der Waals surface area contributed by atoms with Crippen molar-refractivity contribution in [3.05, 3.63) is 60.2 Å². The summed E-state index contributed by atoms with van der Waals surface area (Å²) in [6.07, 6.45) is -3.73. The lowest BCUT2D eigenvalue weighted by Crippen LogP contribution is -2.49. The number of rotatable bonds is 2. The lowest BCUT2D eigenvalue weighted by molar-refractivity contribution is -0.137. The lowest BCUT2D eigenvalue weighted by Gasteiger charge is -2.35. The van der Waals surface area contributed by atoms with Gasteiger partial charge in [-0.2, -0.15) is 13.2 Å². The summed E-state index contributed by atoms with van der Waals surface area (Å²) in [4.78, 5) is 15.6. The minimum Gasteiger partial charge on any atom is -0.294 e. The molecule has 0 saturated carbocycles. The zero-order chi connectivity index (χ0) is 16.4. The van der Waals surface area contributed by atoms with Crippen LogP contribution in [0.5, 0.6) is 0 Å². The quantitative estimate of drug-likeness (QED) is 0.797. The number of benzene rings is 2. The number of carbonyl (C=O) groups is 1. The van der Waals surface area contributed by atoms with Crippen LogP contribution in [0.1, 0.15) is 12.0 Å². The van der Waals surface area contributed by atoms with Crippen LogP contribution in [0.15, 0.2) is 54.6 Å². The van der Waals surface area contributed by atoms with E-state index in [1.807, 2.05) is 30.3 Å². The molecule has 0 atom stereocenters. The van der Waals surface area contributed by atoms with E-state index >= 15 is 0 Å². The van der Waals surface area contributed by atoms with Gasteiger partial charge >= 0.3 is 12.2 Å². The van der Waals surface area contributed by atoms with E-state index in [1.54, 1.807) is 4.90 Å². The number of halogens is 3. The maximum absolute atomic E-state index is 12.9. The fourth-order valence-electron chi connectivity index (χ4n) is 2.66. The average molecular weight is 320 g/mol. The van der Waals surface area contributed by atoms with E-state index in [9.17, 15) is 18.0 Å². The molecule has 0 aliphatic carbocycles. The minimum absolute atomic E-state index is 0.269. The van der Waals surface area contributed by atoms with Crippen molar-refractivity contribution in [2.75, 3.05) is 22.9 Å².